The summed E-state index contributed by atoms with van der Waals surface area (Å²) in [5.41, 5.74) is 2.14. The van der Waals surface area contributed by atoms with Gasteiger partial charge in [-0.15, -0.1) is 0 Å². The van der Waals surface area contributed by atoms with Gasteiger partial charge in [0.2, 0.25) is 5.58 Å². The summed E-state index contributed by atoms with van der Waals surface area (Å²) < 4.78 is 19.2. The molecule has 6 heteroatoms. The normalized spacial score (nSPS) is 10.6. The largest absolute Gasteiger partial charge is 0.451 e. The molecule has 4 aromatic carbocycles. The highest BCUT2D eigenvalue weighted by atomic mass is 16.5. The molecule has 36 heavy (non-hydrogen) atoms. The van der Waals surface area contributed by atoms with Gasteiger partial charge in [-0.25, -0.2) is 0 Å². The molecule has 0 radical (unpaired) electrons. The molecular weight excluding hydrogens is 450 g/mol. The monoisotopic (exact) mass is 473 g/mol. The van der Waals surface area contributed by atoms with Crippen molar-refractivity contribution in [1.29, 1.82) is 10.5 Å². The first-order valence-corrected chi connectivity index (χ1v) is 11.8. The van der Waals surface area contributed by atoms with E-state index in [1.807, 2.05) is 78.9 Å². The molecule has 176 valence electrons. The number of rotatable bonds is 6. The number of nitrogens with zero attached hydrogens (tertiary/aromatic N) is 2. The van der Waals surface area contributed by atoms with E-state index in [0.717, 1.165) is 23.6 Å². The first kappa shape index (κ1) is 22.8. The van der Waals surface area contributed by atoms with E-state index in [-0.39, 0.29) is 28.0 Å². The topological polar surface area (TPSA) is 95.1 Å². The fourth-order valence-electron chi connectivity index (χ4n) is 4.13. The zero-order valence-corrected chi connectivity index (χ0v) is 19.7. The molecule has 0 saturated carbocycles. The Hall–Kier alpha value is -4.94. The van der Waals surface area contributed by atoms with Crippen molar-refractivity contribution in [3.63, 3.8) is 0 Å². The molecule has 0 spiro atoms. The number of nitriles is 2. The van der Waals surface area contributed by atoms with E-state index in [4.69, 9.17) is 13.6 Å². The molecule has 0 atom stereocenters. The Balaban J connectivity index is 1.99. The maximum Gasteiger partial charge on any atom is 0.216 e. The van der Waals surface area contributed by atoms with Crippen molar-refractivity contribution in [2.75, 3.05) is 11.9 Å². The Labute approximate surface area is 208 Å². The van der Waals surface area contributed by atoms with E-state index in [1.165, 1.54) is 0 Å². The van der Waals surface area contributed by atoms with E-state index in [2.05, 4.69) is 24.4 Å². The lowest BCUT2D eigenvalue weighted by Crippen LogP contribution is -2.07. The predicted molar refractivity (Wildman–Crippen MR) is 140 cm³/mol. The van der Waals surface area contributed by atoms with E-state index in [9.17, 15) is 10.5 Å². The van der Waals surface area contributed by atoms with Crippen molar-refractivity contribution in [2.24, 2.45) is 0 Å². The standard InChI is InChI=1S/C30H23N3O3/c1-2-3-17-33-27-23(18-31)24(19-32)28-30(29(27)34-20-11-5-4-6-12-20)36-26-16-10-8-14-22(26)21-13-7-9-15-25(21)35-28/h4-16,33H,2-3,17H2,1H3. The Morgan fingerprint density at radius 1 is 0.750 bits per heavy atom. The molecule has 1 heterocycles. The van der Waals surface area contributed by atoms with E-state index >= 15 is 0 Å². The van der Waals surface area contributed by atoms with Gasteiger partial charge in [0.25, 0.3) is 0 Å². The Bertz CT molecular complexity index is 1700. The maximum absolute atomic E-state index is 10.2. The lowest BCUT2D eigenvalue weighted by Gasteiger charge is -2.17. The van der Waals surface area contributed by atoms with E-state index < -0.39 is 0 Å². The van der Waals surface area contributed by atoms with Gasteiger partial charge in [0, 0.05) is 17.3 Å². The van der Waals surface area contributed by atoms with Crippen LogP contribution in [0, 0.1) is 22.7 Å². The van der Waals surface area contributed by atoms with E-state index in [0.29, 0.717) is 29.1 Å². The van der Waals surface area contributed by atoms with Crippen LogP contribution in [0.2, 0.25) is 0 Å². The van der Waals surface area contributed by atoms with Crippen LogP contribution in [-0.2, 0) is 0 Å². The van der Waals surface area contributed by atoms with Gasteiger partial charge in [-0.1, -0.05) is 67.9 Å². The van der Waals surface area contributed by atoms with Gasteiger partial charge in [0.1, 0.15) is 45.9 Å². The molecule has 5 rings (SSSR count). The van der Waals surface area contributed by atoms with Crippen LogP contribution >= 0.6 is 0 Å². The molecule has 0 aliphatic heterocycles. The zero-order chi connectivity index (χ0) is 24.9. The molecule has 0 amide bonds. The van der Waals surface area contributed by atoms with Gasteiger partial charge in [-0.2, -0.15) is 10.5 Å². The second kappa shape index (κ2) is 10.1. The van der Waals surface area contributed by atoms with E-state index in [1.54, 1.807) is 0 Å². The highest BCUT2D eigenvalue weighted by Gasteiger charge is 2.25. The second-order valence-electron chi connectivity index (χ2n) is 8.23. The summed E-state index contributed by atoms with van der Waals surface area (Å²) in [6.07, 6.45) is 1.84. The summed E-state index contributed by atoms with van der Waals surface area (Å²) in [5, 5.41) is 25.3. The number of hydrogen-bond acceptors (Lipinski definition) is 6. The summed E-state index contributed by atoms with van der Waals surface area (Å²) in [5.74, 6) is 0.850. The van der Waals surface area contributed by atoms with Crippen LogP contribution in [0.5, 0.6) is 11.5 Å². The van der Waals surface area contributed by atoms with Crippen LogP contribution in [0.25, 0.3) is 33.1 Å². The third kappa shape index (κ3) is 4.17. The lowest BCUT2D eigenvalue weighted by atomic mass is 10.0. The highest BCUT2D eigenvalue weighted by molar-refractivity contribution is 6.03. The minimum Gasteiger partial charge on any atom is -0.451 e. The van der Waals surface area contributed by atoms with Crippen molar-refractivity contribution in [3.8, 4) is 23.6 Å². The van der Waals surface area contributed by atoms with Crippen LogP contribution in [0.15, 0.2) is 87.7 Å². The van der Waals surface area contributed by atoms with Gasteiger partial charge < -0.3 is 18.9 Å². The minimum atomic E-state index is 0.0843. The van der Waals surface area contributed by atoms with Gasteiger partial charge in [-0.3, -0.25) is 0 Å². The van der Waals surface area contributed by atoms with Gasteiger partial charge in [0.15, 0.2) is 11.3 Å². The van der Waals surface area contributed by atoms with Gasteiger partial charge >= 0.3 is 0 Å². The fraction of sp³-hybridized carbons (Fsp3) is 0.133. The molecule has 0 fully saturated rings. The molecule has 0 saturated heterocycles. The van der Waals surface area contributed by atoms with Crippen LogP contribution in [0.4, 0.5) is 5.69 Å². The number of fused-ring (bicyclic) bond motifs is 4. The summed E-state index contributed by atoms with van der Waals surface area (Å²) >= 11 is 0. The van der Waals surface area contributed by atoms with Gasteiger partial charge in [-0.05, 0) is 30.7 Å². The molecule has 6 nitrogen and oxygen atoms in total. The number of hydrogen-bond donors (Lipinski definition) is 1. The summed E-state index contributed by atoms with van der Waals surface area (Å²) in [7, 11) is 0. The lowest BCUT2D eigenvalue weighted by molar-refractivity contribution is 0.474. The van der Waals surface area contributed by atoms with Crippen molar-refractivity contribution in [3.05, 3.63) is 90.0 Å². The van der Waals surface area contributed by atoms with Gasteiger partial charge in [0.05, 0.1) is 0 Å². The highest BCUT2D eigenvalue weighted by Crippen LogP contribution is 2.43. The molecular formula is C30H23N3O3. The first-order valence-electron chi connectivity index (χ1n) is 11.8. The summed E-state index contributed by atoms with van der Waals surface area (Å²) in [6.45, 7) is 2.68. The Morgan fingerprint density at radius 2 is 1.33 bits per heavy atom. The maximum atomic E-state index is 10.2. The number of ether oxygens (including phenoxy) is 1. The quantitative estimate of drug-likeness (QED) is 0.250. The minimum absolute atomic E-state index is 0.0843. The molecule has 0 unspecified atom stereocenters. The van der Waals surface area contributed by atoms with Crippen molar-refractivity contribution >= 4 is 38.8 Å². The Morgan fingerprint density at radius 3 is 1.94 bits per heavy atom. The molecule has 5 aromatic rings. The summed E-state index contributed by atoms with van der Waals surface area (Å²) in [6, 6.07) is 28.8. The van der Waals surface area contributed by atoms with Crippen LogP contribution in [0.3, 0.4) is 0 Å². The summed E-state index contributed by atoms with van der Waals surface area (Å²) in [4.78, 5) is 0. The first-order chi connectivity index (χ1) is 17.7. The Kier molecular flexibility index (Phi) is 6.42. The van der Waals surface area contributed by atoms with Crippen molar-refractivity contribution in [1.82, 2.24) is 0 Å². The second-order valence-corrected chi connectivity index (χ2v) is 8.23. The fourth-order valence-corrected chi connectivity index (χ4v) is 4.13. The number of benzene rings is 4. The SMILES string of the molecule is CCCCNc1c(C#N)c(C#N)c2oc3ccccc3c3ccccc3oc2c1Oc1ccccc1. The average molecular weight is 474 g/mol. The smallest absolute Gasteiger partial charge is 0.216 e. The number of nitrogens with one attached hydrogen (secondary N) is 1. The molecule has 0 aliphatic rings. The molecule has 0 aliphatic carbocycles. The number of unbranched alkanes of at least 4 members (excludes halogenated alkanes) is 1. The van der Waals surface area contributed by atoms with Crippen LogP contribution in [-0.4, -0.2) is 6.54 Å². The molecule has 1 aromatic heterocycles. The average Bonchev–Trinajstić information content (AvgIpc) is 2.91. The van der Waals surface area contributed by atoms with Crippen molar-refractivity contribution in [2.45, 2.75) is 19.8 Å². The third-order valence-electron chi connectivity index (χ3n) is 5.87. The molecule has 1 N–H and O–H groups in total. The van der Waals surface area contributed by atoms with Crippen molar-refractivity contribution < 1.29 is 13.6 Å². The van der Waals surface area contributed by atoms with Crippen LogP contribution < -0.4 is 10.1 Å². The van der Waals surface area contributed by atoms with Crippen LogP contribution in [0.1, 0.15) is 30.9 Å². The zero-order valence-electron chi connectivity index (χ0n) is 19.7. The number of anilines is 1. The predicted octanol–water partition coefficient (Wildman–Crippen LogP) is 8.20. The number of para-hydroxylation sites is 3. The third-order valence-corrected chi connectivity index (χ3v) is 5.87. The molecule has 0 bridgehead atoms.